The van der Waals surface area contributed by atoms with Crippen LogP contribution < -0.4 is 4.90 Å². The lowest BCUT2D eigenvalue weighted by molar-refractivity contribution is 0.785. The van der Waals surface area contributed by atoms with E-state index in [9.17, 15) is 0 Å². The van der Waals surface area contributed by atoms with Crippen LogP contribution in [0.3, 0.4) is 0 Å². The molecule has 0 heterocycles. The molecule has 0 N–H and O–H groups in total. The lowest BCUT2D eigenvalue weighted by atomic mass is 10.0. The Kier molecular flexibility index (Phi) is 5.90. The Hall–Kier alpha value is -2.54. The average Bonchev–Trinajstić information content (AvgIpc) is 2.68. The van der Waals surface area contributed by atoms with Crippen molar-refractivity contribution in [2.75, 3.05) is 4.90 Å². The molecule has 1 aliphatic carbocycles. The molecular weight excluding hydrogens is 302 g/mol. The molecule has 1 atom stereocenters. The Labute approximate surface area is 152 Å². The summed E-state index contributed by atoms with van der Waals surface area (Å²) in [6.07, 6.45) is 14.5. The van der Waals surface area contributed by atoms with E-state index in [1.54, 1.807) is 0 Å². The molecule has 0 radical (unpaired) electrons. The molecule has 1 aliphatic rings. The van der Waals surface area contributed by atoms with Crippen molar-refractivity contribution in [1.29, 1.82) is 0 Å². The van der Waals surface area contributed by atoms with E-state index in [1.165, 1.54) is 28.9 Å². The van der Waals surface area contributed by atoms with Crippen LogP contribution in [0.2, 0.25) is 0 Å². The number of benzene rings is 2. The van der Waals surface area contributed by atoms with Crippen LogP contribution in [-0.4, -0.2) is 6.04 Å². The number of para-hydroxylation sites is 1. The molecule has 1 nitrogen and oxygen atoms in total. The number of unbranched alkanes of at least 4 members (excludes halogenated alkanes) is 1. The Morgan fingerprint density at radius 3 is 2.36 bits per heavy atom. The molecule has 0 bridgehead atoms. The largest absolute Gasteiger partial charge is 0.334 e. The fraction of sp³-hybridized carbons (Fsp3) is 0.250. The summed E-state index contributed by atoms with van der Waals surface area (Å²) >= 11 is 0. The van der Waals surface area contributed by atoms with Gasteiger partial charge in [0.25, 0.3) is 0 Å². The molecule has 0 aliphatic heterocycles. The van der Waals surface area contributed by atoms with Gasteiger partial charge in [-0.05, 0) is 55.2 Å². The van der Waals surface area contributed by atoms with Crippen LogP contribution >= 0.6 is 0 Å². The van der Waals surface area contributed by atoms with E-state index in [-0.39, 0.29) is 0 Å². The van der Waals surface area contributed by atoms with Crippen LogP contribution in [0.4, 0.5) is 11.4 Å². The summed E-state index contributed by atoms with van der Waals surface area (Å²) in [5, 5.41) is 0. The van der Waals surface area contributed by atoms with Gasteiger partial charge in [-0.1, -0.05) is 74.1 Å². The molecule has 25 heavy (non-hydrogen) atoms. The topological polar surface area (TPSA) is 3.24 Å². The molecule has 0 saturated carbocycles. The van der Waals surface area contributed by atoms with E-state index in [0.717, 1.165) is 12.8 Å². The maximum Gasteiger partial charge on any atom is 0.0559 e. The fourth-order valence-electron chi connectivity index (χ4n) is 3.24. The van der Waals surface area contributed by atoms with Crippen molar-refractivity contribution in [2.45, 2.75) is 39.2 Å². The van der Waals surface area contributed by atoms with Crippen LogP contribution in [-0.2, 0) is 0 Å². The highest BCUT2D eigenvalue weighted by Crippen LogP contribution is 2.31. The van der Waals surface area contributed by atoms with Gasteiger partial charge in [-0.15, -0.1) is 0 Å². The van der Waals surface area contributed by atoms with Crippen molar-refractivity contribution in [1.82, 2.24) is 0 Å². The third kappa shape index (κ3) is 4.30. The number of hydrogen-bond acceptors (Lipinski definition) is 1. The first-order valence-corrected chi connectivity index (χ1v) is 9.24. The standard InChI is InChI=1S/C24H27N/c1-3-4-11-20(2)21-16-18-24(19-17-21)25(22-12-7-5-8-13-22)23-14-9-6-10-15-23/h5-14,16-19,23H,3-4,15H2,1-2H3/b20-11+/t23-/m0/s1. The van der Waals surface area contributed by atoms with Crippen molar-refractivity contribution >= 4 is 16.9 Å². The third-order valence-electron chi connectivity index (χ3n) is 4.66. The number of allylic oxidation sites excluding steroid dienone is 4. The molecule has 0 unspecified atom stereocenters. The van der Waals surface area contributed by atoms with Crippen LogP contribution in [0.5, 0.6) is 0 Å². The minimum atomic E-state index is 0.356. The molecule has 0 fully saturated rings. The van der Waals surface area contributed by atoms with E-state index in [1.807, 2.05) is 0 Å². The summed E-state index contributed by atoms with van der Waals surface area (Å²) in [7, 11) is 0. The monoisotopic (exact) mass is 329 g/mol. The molecule has 0 spiro atoms. The number of anilines is 2. The predicted molar refractivity (Wildman–Crippen MR) is 110 cm³/mol. The van der Waals surface area contributed by atoms with Crippen molar-refractivity contribution in [3.05, 3.63) is 90.5 Å². The van der Waals surface area contributed by atoms with Crippen LogP contribution in [0.25, 0.3) is 5.57 Å². The molecule has 2 aromatic carbocycles. The van der Waals surface area contributed by atoms with Crippen LogP contribution in [0, 0.1) is 0 Å². The van der Waals surface area contributed by atoms with Gasteiger partial charge in [-0.3, -0.25) is 0 Å². The molecule has 0 aromatic heterocycles. The first-order chi connectivity index (χ1) is 12.3. The first-order valence-electron chi connectivity index (χ1n) is 9.24. The summed E-state index contributed by atoms with van der Waals surface area (Å²) < 4.78 is 0. The average molecular weight is 329 g/mol. The summed E-state index contributed by atoms with van der Waals surface area (Å²) in [6.45, 7) is 4.42. The van der Waals surface area contributed by atoms with Crippen LogP contribution in [0.1, 0.15) is 38.7 Å². The van der Waals surface area contributed by atoms with Crippen LogP contribution in [0.15, 0.2) is 85.0 Å². The summed E-state index contributed by atoms with van der Waals surface area (Å²) in [5.74, 6) is 0. The Balaban J connectivity index is 1.91. The number of nitrogens with zero attached hydrogens (tertiary/aromatic N) is 1. The smallest absolute Gasteiger partial charge is 0.0559 e. The maximum absolute atomic E-state index is 2.43. The van der Waals surface area contributed by atoms with Gasteiger partial charge < -0.3 is 4.90 Å². The highest BCUT2D eigenvalue weighted by molar-refractivity contribution is 5.70. The Morgan fingerprint density at radius 2 is 1.72 bits per heavy atom. The fourth-order valence-corrected chi connectivity index (χ4v) is 3.24. The number of hydrogen-bond donors (Lipinski definition) is 0. The molecular formula is C24H27N. The van der Waals surface area contributed by atoms with Crippen molar-refractivity contribution in [3.8, 4) is 0 Å². The third-order valence-corrected chi connectivity index (χ3v) is 4.66. The quantitative estimate of drug-likeness (QED) is 0.556. The predicted octanol–water partition coefficient (Wildman–Crippen LogP) is 6.91. The van der Waals surface area contributed by atoms with Gasteiger partial charge in [0.1, 0.15) is 0 Å². The van der Waals surface area contributed by atoms with Crippen molar-refractivity contribution in [2.24, 2.45) is 0 Å². The molecule has 1 heteroatoms. The molecule has 2 aromatic rings. The number of rotatable bonds is 6. The lowest BCUT2D eigenvalue weighted by Crippen LogP contribution is -2.29. The first kappa shape index (κ1) is 17.3. The summed E-state index contributed by atoms with van der Waals surface area (Å²) in [5.41, 5.74) is 5.14. The second kappa shape index (κ2) is 8.53. The van der Waals surface area contributed by atoms with E-state index in [4.69, 9.17) is 0 Å². The summed E-state index contributed by atoms with van der Waals surface area (Å²) in [6, 6.07) is 20.0. The maximum atomic E-state index is 2.43. The lowest BCUT2D eigenvalue weighted by Gasteiger charge is -2.32. The molecule has 0 saturated heterocycles. The Morgan fingerprint density at radius 1 is 1.00 bits per heavy atom. The van der Waals surface area contributed by atoms with Crippen molar-refractivity contribution in [3.63, 3.8) is 0 Å². The minimum Gasteiger partial charge on any atom is -0.334 e. The summed E-state index contributed by atoms with van der Waals surface area (Å²) in [4.78, 5) is 2.43. The van der Waals surface area contributed by atoms with Gasteiger partial charge >= 0.3 is 0 Å². The normalized spacial score (nSPS) is 16.9. The van der Waals surface area contributed by atoms with E-state index in [2.05, 4.69) is 104 Å². The van der Waals surface area contributed by atoms with Gasteiger partial charge in [-0.2, -0.15) is 0 Å². The molecule has 128 valence electrons. The minimum absolute atomic E-state index is 0.356. The molecule has 0 amide bonds. The van der Waals surface area contributed by atoms with E-state index < -0.39 is 0 Å². The van der Waals surface area contributed by atoms with E-state index in [0.29, 0.717) is 6.04 Å². The van der Waals surface area contributed by atoms with Gasteiger partial charge in [0.15, 0.2) is 0 Å². The van der Waals surface area contributed by atoms with Gasteiger partial charge in [0, 0.05) is 11.4 Å². The highest BCUT2D eigenvalue weighted by atomic mass is 15.2. The zero-order valence-corrected chi connectivity index (χ0v) is 15.2. The van der Waals surface area contributed by atoms with Gasteiger partial charge in [-0.25, -0.2) is 0 Å². The van der Waals surface area contributed by atoms with Gasteiger partial charge in [0.2, 0.25) is 0 Å². The zero-order valence-electron chi connectivity index (χ0n) is 15.2. The highest BCUT2D eigenvalue weighted by Gasteiger charge is 2.18. The zero-order chi connectivity index (χ0) is 17.5. The second-order valence-corrected chi connectivity index (χ2v) is 6.54. The van der Waals surface area contributed by atoms with Crippen molar-refractivity contribution < 1.29 is 0 Å². The second-order valence-electron chi connectivity index (χ2n) is 6.54. The van der Waals surface area contributed by atoms with Gasteiger partial charge in [0.05, 0.1) is 6.04 Å². The molecule has 3 rings (SSSR count). The van der Waals surface area contributed by atoms with E-state index >= 15 is 0 Å². The SMILES string of the molecule is CCC/C=C(\C)c1ccc(N(c2ccccc2)[C@H]2C=CC=CC2)cc1. The Bertz CT molecular complexity index is 750.